The fourth-order valence-electron chi connectivity index (χ4n) is 3.01. The van der Waals surface area contributed by atoms with Crippen molar-refractivity contribution in [2.24, 2.45) is 5.92 Å². The van der Waals surface area contributed by atoms with E-state index in [1.54, 1.807) is 32.0 Å². The zero-order valence-corrected chi connectivity index (χ0v) is 16.3. The molecule has 1 aliphatic rings. The Hall–Kier alpha value is -3.03. The molecule has 1 aromatic carbocycles. The van der Waals surface area contributed by atoms with Crippen LogP contribution in [0.2, 0.25) is 0 Å². The Morgan fingerprint density at radius 3 is 2.52 bits per heavy atom. The van der Waals surface area contributed by atoms with Gasteiger partial charge in [0.25, 0.3) is 12.3 Å². The summed E-state index contributed by atoms with van der Waals surface area (Å²) in [4.78, 5) is 28.4. The van der Waals surface area contributed by atoms with Crippen LogP contribution in [0.5, 0.6) is 5.75 Å². The Morgan fingerprint density at radius 2 is 1.90 bits per heavy atom. The number of aromatic nitrogens is 1. The standard InChI is InChI=1S/C21H23F2N3O3/c1-12-7-14(8-13(2)19(12)29-11-17(22)23)10-25-20(27)16-5-6-24-18(9-16)26-21(28)15-3-4-15/h5-9,15,17H,3-4,10-11H2,1-2H3,(H,25,27)(H,24,26,28). The number of ether oxygens (including phenoxy) is 1. The number of amides is 2. The highest BCUT2D eigenvalue weighted by atomic mass is 19.3. The fourth-order valence-corrected chi connectivity index (χ4v) is 3.01. The van der Waals surface area contributed by atoms with Gasteiger partial charge in [0.15, 0.2) is 0 Å². The van der Waals surface area contributed by atoms with Crippen molar-refractivity contribution in [3.63, 3.8) is 0 Å². The van der Waals surface area contributed by atoms with Gasteiger partial charge in [-0.25, -0.2) is 13.8 Å². The van der Waals surface area contributed by atoms with E-state index in [2.05, 4.69) is 15.6 Å². The second kappa shape index (κ2) is 8.98. The molecule has 29 heavy (non-hydrogen) atoms. The summed E-state index contributed by atoms with van der Waals surface area (Å²) in [6, 6.07) is 6.69. The van der Waals surface area contributed by atoms with Crippen molar-refractivity contribution in [1.29, 1.82) is 0 Å². The van der Waals surface area contributed by atoms with Crippen molar-refractivity contribution in [3.8, 4) is 5.75 Å². The van der Waals surface area contributed by atoms with Gasteiger partial charge >= 0.3 is 0 Å². The highest BCUT2D eigenvalue weighted by Crippen LogP contribution is 2.30. The first-order chi connectivity index (χ1) is 13.8. The van der Waals surface area contributed by atoms with Gasteiger partial charge < -0.3 is 15.4 Å². The third-order valence-electron chi connectivity index (χ3n) is 4.55. The molecule has 0 radical (unpaired) electrons. The van der Waals surface area contributed by atoms with Crippen LogP contribution in [0.15, 0.2) is 30.5 Å². The summed E-state index contributed by atoms with van der Waals surface area (Å²) in [7, 11) is 0. The number of hydrogen-bond donors (Lipinski definition) is 2. The molecule has 1 heterocycles. The summed E-state index contributed by atoms with van der Waals surface area (Å²) < 4.78 is 29.9. The van der Waals surface area contributed by atoms with Crippen molar-refractivity contribution in [3.05, 3.63) is 52.7 Å². The summed E-state index contributed by atoms with van der Waals surface area (Å²) in [5.74, 6) is 0.457. The van der Waals surface area contributed by atoms with Gasteiger partial charge in [0.05, 0.1) is 0 Å². The molecule has 6 nitrogen and oxygen atoms in total. The lowest BCUT2D eigenvalue weighted by atomic mass is 10.1. The second-order valence-corrected chi connectivity index (χ2v) is 7.14. The normalized spacial score (nSPS) is 13.3. The third kappa shape index (κ3) is 5.73. The molecule has 0 bridgehead atoms. The average Bonchev–Trinajstić information content (AvgIpc) is 3.50. The maximum absolute atomic E-state index is 12.5. The zero-order valence-electron chi connectivity index (χ0n) is 16.3. The Labute approximate surface area is 167 Å². The number of aryl methyl sites for hydroxylation is 2. The van der Waals surface area contributed by atoms with E-state index in [1.807, 2.05) is 0 Å². The smallest absolute Gasteiger partial charge is 0.272 e. The minimum absolute atomic E-state index is 0.0495. The van der Waals surface area contributed by atoms with E-state index in [9.17, 15) is 18.4 Å². The van der Waals surface area contributed by atoms with E-state index in [-0.39, 0.29) is 24.3 Å². The van der Waals surface area contributed by atoms with Crippen molar-refractivity contribution >= 4 is 17.6 Å². The molecular formula is C21H23F2N3O3. The molecule has 0 atom stereocenters. The van der Waals surface area contributed by atoms with Crippen LogP contribution < -0.4 is 15.4 Å². The van der Waals surface area contributed by atoms with E-state index < -0.39 is 13.0 Å². The van der Waals surface area contributed by atoms with E-state index in [1.165, 1.54) is 12.3 Å². The molecule has 0 aliphatic heterocycles. The number of alkyl halides is 2. The molecule has 8 heteroatoms. The van der Waals surface area contributed by atoms with Gasteiger partial charge in [-0.2, -0.15) is 0 Å². The second-order valence-electron chi connectivity index (χ2n) is 7.14. The maximum Gasteiger partial charge on any atom is 0.272 e. The number of nitrogens with zero attached hydrogens (tertiary/aromatic N) is 1. The predicted octanol–water partition coefficient (Wildman–Crippen LogP) is 3.62. The molecular weight excluding hydrogens is 380 g/mol. The molecule has 2 N–H and O–H groups in total. The lowest BCUT2D eigenvalue weighted by Gasteiger charge is -2.14. The largest absolute Gasteiger partial charge is 0.487 e. The number of rotatable bonds is 8. The first-order valence-corrected chi connectivity index (χ1v) is 9.39. The van der Waals surface area contributed by atoms with Crippen molar-refractivity contribution in [2.45, 2.75) is 39.7 Å². The molecule has 3 rings (SSSR count). The average molecular weight is 403 g/mol. The van der Waals surface area contributed by atoms with Crippen LogP contribution in [0.3, 0.4) is 0 Å². The number of pyridine rings is 1. The minimum atomic E-state index is -2.54. The van der Waals surface area contributed by atoms with Crippen molar-refractivity contribution in [1.82, 2.24) is 10.3 Å². The molecule has 0 unspecified atom stereocenters. The summed E-state index contributed by atoms with van der Waals surface area (Å²) in [5.41, 5.74) is 2.67. The van der Waals surface area contributed by atoms with Crippen LogP contribution in [0, 0.1) is 19.8 Å². The number of nitrogens with one attached hydrogen (secondary N) is 2. The van der Waals surface area contributed by atoms with Crippen LogP contribution >= 0.6 is 0 Å². The topological polar surface area (TPSA) is 80.3 Å². The molecule has 0 saturated heterocycles. The van der Waals surface area contributed by atoms with E-state index >= 15 is 0 Å². The number of benzene rings is 1. The minimum Gasteiger partial charge on any atom is -0.487 e. The highest BCUT2D eigenvalue weighted by molar-refractivity contribution is 5.97. The van der Waals surface area contributed by atoms with Gasteiger partial charge in [0.1, 0.15) is 18.2 Å². The van der Waals surface area contributed by atoms with Crippen LogP contribution in [-0.2, 0) is 11.3 Å². The van der Waals surface area contributed by atoms with E-state index in [0.29, 0.717) is 17.1 Å². The summed E-state index contributed by atoms with van der Waals surface area (Å²) >= 11 is 0. The molecule has 1 saturated carbocycles. The van der Waals surface area contributed by atoms with Gasteiger partial charge in [0, 0.05) is 24.2 Å². The quantitative estimate of drug-likeness (QED) is 0.706. The Morgan fingerprint density at radius 1 is 1.21 bits per heavy atom. The first-order valence-electron chi connectivity index (χ1n) is 9.39. The zero-order chi connectivity index (χ0) is 21.0. The number of carbonyl (C=O) groups excluding carboxylic acids is 2. The molecule has 1 aromatic heterocycles. The van der Waals surface area contributed by atoms with Crippen LogP contribution in [-0.4, -0.2) is 29.8 Å². The molecule has 1 fully saturated rings. The number of carbonyl (C=O) groups is 2. The third-order valence-corrected chi connectivity index (χ3v) is 4.55. The van der Waals surface area contributed by atoms with Gasteiger partial charge in [-0.3, -0.25) is 9.59 Å². The first kappa shape index (κ1) is 20.7. The van der Waals surface area contributed by atoms with Gasteiger partial charge in [0.2, 0.25) is 5.91 Å². The van der Waals surface area contributed by atoms with Crippen molar-refractivity contribution in [2.75, 3.05) is 11.9 Å². The molecule has 1 aliphatic carbocycles. The monoisotopic (exact) mass is 403 g/mol. The lowest BCUT2D eigenvalue weighted by Crippen LogP contribution is -2.23. The van der Waals surface area contributed by atoms with E-state index in [0.717, 1.165) is 29.5 Å². The van der Waals surface area contributed by atoms with Crippen LogP contribution in [0.4, 0.5) is 14.6 Å². The summed E-state index contributed by atoms with van der Waals surface area (Å²) in [6.07, 6.45) is 0.709. The molecule has 154 valence electrons. The number of anilines is 1. The Balaban J connectivity index is 1.61. The Bertz CT molecular complexity index is 891. The summed E-state index contributed by atoms with van der Waals surface area (Å²) in [5, 5.41) is 5.53. The van der Waals surface area contributed by atoms with Crippen molar-refractivity contribution < 1.29 is 23.1 Å². The number of hydrogen-bond acceptors (Lipinski definition) is 4. The van der Waals surface area contributed by atoms with Gasteiger partial charge in [-0.05, 0) is 55.5 Å². The van der Waals surface area contributed by atoms with Gasteiger partial charge in [-0.1, -0.05) is 12.1 Å². The fraction of sp³-hybridized carbons (Fsp3) is 0.381. The SMILES string of the molecule is Cc1cc(CNC(=O)c2ccnc(NC(=O)C3CC3)c2)cc(C)c1OCC(F)F. The van der Waals surface area contributed by atoms with E-state index in [4.69, 9.17) is 4.74 Å². The predicted molar refractivity (Wildman–Crippen MR) is 104 cm³/mol. The molecule has 2 aromatic rings. The van der Waals surface area contributed by atoms with Crippen LogP contribution in [0.25, 0.3) is 0 Å². The molecule has 2 amide bonds. The maximum atomic E-state index is 12.5. The number of halogens is 2. The lowest BCUT2D eigenvalue weighted by molar-refractivity contribution is -0.117. The highest BCUT2D eigenvalue weighted by Gasteiger charge is 2.29. The van der Waals surface area contributed by atoms with Gasteiger partial charge in [-0.15, -0.1) is 0 Å². The summed E-state index contributed by atoms with van der Waals surface area (Å²) in [6.45, 7) is 3.16. The Kier molecular flexibility index (Phi) is 6.41. The van der Waals surface area contributed by atoms with Crippen LogP contribution in [0.1, 0.15) is 39.9 Å². The molecule has 0 spiro atoms.